The van der Waals surface area contributed by atoms with Gasteiger partial charge in [-0.1, -0.05) is 59.6 Å². The summed E-state index contributed by atoms with van der Waals surface area (Å²) in [5, 5.41) is 5.33. The van der Waals surface area contributed by atoms with Gasteiger partial charge in [-0.15, -0.1) is 0 Å². The summed E-state index contributed by atoms with van der Waals surface area (Å²) in [4.78, 5) is 23.0. The van der Waals surface area contributed by atoms with Crippen molar-refractivity contribution in [3.8, 4) is 0 Å². The molecule has 35 heavy (non-hydrogen) atoms. The molecule has 8 heteroatoms. The number of halogens is 2. The first-order valence-corrected chi connectivity index (χ1v) is 12.4. The first-order chi connectivity index (χ1) is 17.0. The van der Waals surface area contributed by atoms with Crippen LogP contribution in [0.5, 0.6) is 0 Å². The van der Waals surface area contributed by atoms with Crippen LogP contribution in [0.1, 0.15) is 46.3 Å². The molecule has 2 aliphatic rings. The number of hydrogen-bond donors (Lipinski definition) is 1. The van der Waals surface area contributed by atoms with Crippen LogP contribution < -0.4 is 5.43 Å². The molecule has 3 aromatic rings. The van der Waals surface area contributed by atoms with Crippen molar-refractivity contribution < 1.29 is 4.79 Å². The van der Waals surface area contributed by atoms with Crippen LogP contribution in [0, 0.1) is 0 Å². The van der Waals surface area contributed by atoms with E-state index in [-0.39, 0.29) is 16.5 Å². The highest BCUT2D eigenvalue weighted by Crippen LogP contribution is 2.46. The van der Waals surface area contributed by atoms with E-state index in [0.717, 1.165) is 55.7 Å². The number of benzene rings is 1. The van der Waals surface area contributed by atoms with Gasteiger partial charge in [-0.2, -0.15) is 5.10 Å². The van der Waals surface area contributed by atoms with Crippen LogP contribution in [0.15, 0.2) is 72.1 Å². The Kier molecular flexibility index (Phi) is 6.95. The molecule has 0 unspecified atom stereocenters. The highest BCUT2D eigenvalue weighted by Gasteiger charge is 2.43. The Hall–Kier alpha value is -3.06. The largest absolute Gasteiger partial charge is 0.300 e. The maximum absolute atomic E-state index is 12.6. The second-order valence-electron chi connectivity index (χ2n) is 8.98. The van der Waals surface area contributed by atoms with Crippen LogP contribution in [-0.2, 0) is 5.41 Å². The number of amides is 1. The summed E-state index contributed by atoms with van der Waals surface area (Å²) in [6.45, 7) is 2.90. The zero-order chi connectivity index (χ0) is 24.3. The minimum absolute atomic E-state index is 0.0545. The molecular weight excluding hydrogens is 481 g/mol. The zero-order valence-electron chi connectivity index (χ0n) is 19.1. The van der Waals surface area contributed by atoms with E-state index in [4.69, 9.17) is 23.2 Å². The second-order valence-corrected chi connectivity index (χ2v) is 9.76. The zero-order valence-corrected chi connectivity index (χ0v) is 20.6. The van der Waals surface area contributed by atoms with E-state index in [1.807, 2.05) is 18.2 Å². The molecule has 0 atom stereocenters. The fourth-order valence-corrected chi connectivity index (χ4v) is 5.36. The molecule has 178 valence electrons. The third-order valence-corrected chi connectivity index (χ3v) is 7.25. The van der Waals surface area contributed by atoms with Crippen molar-refractivity contribution in [2.24, 2.45) is 5.10 Å². The van der Waals surface area contributed by atoms with Crippen molar-refractivity contribution in [2.75, 3.05) is 19.6 Å². The van der Waals surface area contributed by atoms with E-state index in [1.54, 1.807) is 12.3 Å². The summed E-state index contributed by atoms with van der Waals surface area (Å²) in [6, 6.07) is 15.4. The molecule has 5 rings (SSSR count). The van der Waals surface area contributed by atoms with Crippen molar-refractivity contribution in [3.63, 3.8) is 0 Å². The lowest BCUT2D eigenvalue weighted by atomic mass is 9.74. The van der Waals surface area contributed by atoms with Gasteiger partial charge in [-0.05, 0) is 61.3 Å². The van der Waals surface area contributed by atoms with Crippen LogP contribution in [0.2, 0.25) is 10.3 Å². The Labute approximate surface area is 214 Å². The molecule has 1 aliphatic carbocycles. The molecule has 6 nitrogen and oxygen atoms in total. The van der Waals surface area contributed by atoms with Crippen LogP contribution in [0.4, 0.5) is 0 Å². The van der Waals surface area contributed by atoms with E-state index in [1.165, 1.54) is 17.8 Å². The van der Waals surface area contributed by atoms with E-state index in [2.05, 4.69) is 55.7 Å². The first kappa shape index (κ1) is 23.7. The standard InChI is InChI=1S/C27H25Cl2N5O/c28-24-16-19(7-11-30-24)4-3-13-34-14-9-27(10-15-34)18-23(21-5-1-2-6-22(21)27)32-33-26(35)20-8-12-31-25(29)17-20/h1-8,11-12,16-17H,9-10,13-15,18H2,(H,33,35)/b4-3+,32-23-. The SMILES string of the molecule is O=C(N/N=C1/CC2(CCN(C/C=C/c3ccnc(Cl)c3)CC2)c2ccccc21)c1ccnc(Cl)c1. The Morgan fingerprint density at radius 2 is 1.80 bits per heavy atom. The number of hydrogen-bond acceptors (Lipinski definition) is 5. The molecule has 1 aromatic carbocycles. The van der Waals surface area contributed by atoms with Crippen molar-refractivity contribution in [1.82, 2.24) is 20.3 Å². The Morgan fingerprint density at radius 3 is 2.57 bits per heavy atom. The van der Waals surface area contributed by atoms with Gasteiger partial charge in [0.1, 0.15) is 10.3 Å². The Balaban J connectivity index is 1.25. The third kappa shape index (κ3) is 5.30. The number of carbonyl (C=O) groups excluding carboxylic acids is 1. The van der Waals surface area contributed by atoms with E-state index >= 15 is 0 Å². The molecule has 1 aliphatic heterocycles. The number of rotatable bonds is 5. The smallest absolute Gasteiger partial charge is 0.271 e. The summed E-state index contributed by atoms with van der Waals surface area (Å²) >= 11 is 11.9. The molecule has 0 saturated carbocycles. The lowest BCUT2D eigenvalue weighted by Crippen LogP contribution is -2.41. The third-order valence-electron chi connectivity index (χ3n) is 6.83. The molecule has 1 amide bonds. The number of nitrogens with zero attached hydrogens (tertiary/aromatic N) is 4. The van der Waals surface area contributed by atoms with E-state index in [9.17, 15) is 4.79 Å². The fourth-order valence-electron chi connectivity index (χ4n) is 5.00. The fraction of sp³-hybridized carbons (Fsp3) is 0.259. The number of hydrazone groups is 1. The number of fused-ring (bicyclic) bond motifs is 2. The van der Waals surface area contributed by atoms with Crippen LogP contribution in [0.25, 0.3) is 6.08 Å². The summed E-state index contributed by atoms with van der Waals surface area (Å²) in [5.74, 6) is -0.294. The highest BCUT2D eigenvalue weighted by atomic mass is 35.5. The van der Waals surface area contributed by atoms with Crippen molar-refractivity contribution in [1.29, 1.82) is 0 Å². The van der Waals surface area contributed by atoms with Gasteiger partial charge in [0.05, 0.1) is 5.71 Å². The molecule has 1 spiro atoms. The molecule has 0 radical (unpaired) electrons. The second kappa shape index (κ2) is 10.3. The minimum atomic E-state index is -0.294. The number of piperidine rings is 1. The van der Waals surface area contributed by atoms with Gasteiger partial charge >= 0.3 is 0 Å². The molecule has 1 N–H and O–H groups in total. The number of nitrogens with one attached hydrogen (secondary N) is 1. The lowest BCUT2D eigenvalue weighted by Gasteiger charge is -2.39. The van der Waals surface area contributed by atoms with Gasteiger partial charge in [0.15, 0.2) is 0 Å². The van der Waals surface area contributed by atoms with Gasteiger partial charge in [0.25, 0.3) is 5.91 Å². The quantitative estimate of drug-likeness (QED) is 0.373. The Morgan fingerprint density at radius 1 is 1.06 bits per heavy atom. The van der Waals surface area contributed by atoms with Gasteiger partial charge in [-0.3, -0.25) is 9.69 Å². The monoisotopic (exact) mass is 505 g/mol. The van der Waals surface area contributed by atoms with Gasteiger partial charge in [0.2, 0.25) is 0 Å². The average Bonchev–Trinajstić information content (AvgIpc) is 3.17. The van der Waals surface area contributed by atoms with Gasteiger partial charge in [0, 0.05) is 41.9 Å². The van der Waals surface area contributed by atoms with Crippen LogP contribution in [0.3, 0.4) is 0 Å². The van der Waals surface area contributed by atoms with Crippen LogP contribution in [-0.4, -0.2) is 46.1 Å². The highest BCUT2D eigenvalue weighted by molar-refractivity contribution is 6.30. The van der Waals surface area contributed by atoms with E-state index in [0.29, 0.717) is 10.7 Å². The Bertz CT molecular complexity index is 1300. The predicted molar refractivity (Wildman–Crippen MR) is 140 cm³/mol. The van der Waals surface area contributed by atoms with Gasteiger partial charge < -0.3 is 0 Å². The van der Waals surface area contributed by atoms with Gasteiger partial charge in [-0.25, -0.2) is 15.4 Å². The number of likely N-dealkylation sites (tertiary alicyclic amines) is 1. The molecule has 3 heterocycles. The number of pyridine rings is 2. The maximum atomic E-state index is 12.6. The predicted octanol–water partition coefficient (Wildman–Crippen LogP) is 5.37. The molecular formula is C27H25Cl2N5O. The molecule has 0 bridgehead atoms. The summed E-state index contributed by atoms with van der Waals surface area (Å²) in [5.41, 5.74) is 7.65. The van der Waals surface area contributed by atoms with Crippen LogP contribution >= 0.6 is 23.2 Å². The van der Waals surface area contributed by atoms with Crippen molar-refractivity contribution >= 4 is 40.9 Å². The lowest BCUT2D eigenvalue weighted by molar-refractivity contribution is 0.0954. The maximum Gasteiger partial charge on any atom is 0.271 e. The minimum Gasteiger partial charge on any atom is -0.300 e. The summed E-state index contributed by atoms with van der Waals surface area (Å²) in [6.07, 6.45) is 10.4. The molecule has 2 aromatic heterocycles. The normalized spacial score (nSPS) is 18.3. The van der Waals surface area contributed by atoms with E-state index < -0.39 is 0 Å². The number of aromatic nitrogens is 2. The molecule has 1 fully saturated rings. The molecule has 1 saturated heterocycles. The first-order valence-electron chi connectivity index (χ1n) is 11.6. The topological polar surface area (TPSA) is 70.5 Å². The van der Waals surface area contributed by atoms with Crippen molar-refractivity contribution in [2.45, 2.75) is 24.7 Å². The van der Waals surface area contributed by atoms with Crippen molar-refractivity contribution in [3.05, 3.63) is 99.6 Å². The summed E-state index contributed by atoms with van der Waals surface area (Å²) in [7, 11) is 0. The summed E-state index contributed by atoms with van der Waals surface area (Å²) < 4.78 is 0. The average molecular weight is 506 g/mol. The number of carbonyl (C=O) groups is 1.